The van der Waals surface area contributed by atoms with Gasteiger partial charge in [-0.3, -0.25) is 0 Å². The number of carbonyl (C=O) groups is 1. The molecule has 116 valence electrons. The van der Waals surface area contributed by atoms with E-state index in [0.717, 1.165) is 11.3 Å². The first-order chi connectivity index (χ1) is 9.58. The van der Waals surface area contributed by atoms with Crippen molar-refractivity contribution in [3.05, 3.63) is 36.4 Å². The van der Waals surface area contributed by atoms with Gasteiger partial charge in [0.25, 0.3) is 0 Å². The average Bonchev–Trinajstić information content (AvgIpc) is 2.36. The van der Waals surface area contributed by atoms with E-state index < -0.39 is 8.32 Å². The van der Waals surface area contributed by atoms with Crippen molar-refractivity contribution in [2.45, 2.75) is 45.8 Å². The quantitative estimate of drug-likeness (QED) is 0.451. The number of rotatable bonds is 5. The summed E-state index contributed by atoms with van der Waals surface area (Å²) in [5.41, 5.74) is 1.10. The molecule has 0 aliphatic rings. The van der Waals surface area contributed by atoms with Crippen LogP contribution < -0.4 is 4.43 Å². The van der Waals surface area contributed by atoms with Gasteiger partial charge in [0, 0.05) is 0 Å². The van der Waals surface area contributed by atoms with Gasteiger partial charge in [0.05, 0.1) is 12.2 Å². The zero-order valence-electron chi connectivity index (χ0n) is 13.9. The number of benzene rings is 1. The Hall–Kier alpha value is -1.55. The van der Waals surface area contributed by atoms with Crippen molar-refractivity contribution in [2.24, 2.45) is 0 Å². The van der Waals surface area contributed by atoms with Crippen molar-refractivity contribution in [1.29, 1.82) is 0 Å². The van der Waals surface area contributed by atoms with Gasteiger partial charge in [-0.1, -0.05) is 39.5 Å². The Morgan fingerprint density at radius 1 is 1.29 bits per heavy atom. The molecular formula is C17H26O3Si. The Morgan fingerprint density at radius 3 is 2.43 bits per heavy atom. The maximum Gasteiger partial charge on any atom is 0.338 e. The van der Waals surface area contributed by atoms with Crippen molar-refractivity contribution in [2.75, 3.05) is 6.61 Å². The highest BCUT2D eigenvalue weighted by atomic mass is 28.4. The largest absolute Gasteiger partial charge is 0.543 e. The minimum atomic E-state index is -1.89. The third-order valence-electron chi connectivity index (χ3n) is 3.88. The molecule has 1 aromatic carbocycles. The molecule has 0 N–H and O–H groups in total. The average molecular weight is 306 g/mol. The summed E-state index contributed by atoms with van der Waals surface area (Å²) in [6.45, 7) is 16.9. The van der Waals surface area contributed by atoms with Gasteiger partial charge in [0.2, 0.25) is 8.32 Å². The lowest BCUT2D eigenvalue weighted by Gasteiger charge is -2.36. The zero-order chi connectivity index (χ0) is 16.3. The first-order valence-electron chi connectivity index (χ1n) is 7.24. The summed E-state index contributed by atoms with van der Waals surface area (Å²) < 4.78 is 11.2. The Labute approximate surface area is 129 Å². The molecule has 0 saturated carbocycles. The zero-order valence-corrected chi connectivity index (χ0v) is 14.9. The molecule has 0 amide bonds. The molecule has 0 aromatic heterocycles. The Balaban J connectivity index is 2.97. The van der Waals surface area contributed by atoms with Crippen molar-refractivity contribution in [1.82, 2.24) is 0 Å². The van der Waals surface area contributed by atoms with E-state index >= 15 is 0 Å². The highest BCUT2D eigenvalue weighted by Crippen LogP contribution is 2.37. The van der Waals surface area contributed by atoms with Crippen LogP contribution >= 0.6 is 0 Å². The molecule has 0 aliphatic carbocycles. The maximum atomic E-state index is 11.7. The van der Waals surface area contributed by atoms with Crippen molar-refractivity contribution < 1.29 is 14.0 Å². The molecule has 0 heterocycles. The summed E-state index contributed by atoms with van der Waals surface area (Å²) in [6.07, 6.45) is 0. The summed E-state index contributed by atoms with van der Waals surface area (Å²) in [5, 5.41) is 0.126. The summed E-state index contributed by atoms with van der Waals surface area (Å²) in [6, 6.07) is 7.50. The summed E-state index contributed by atoms with van der Waals surface area (Å²) in [4.78, 5) is 11.7. The lowest BCUT2D eigenvalue weighted by molar-refractivity contribution is -0.136. The third-order valence-corrected chi connectivity index (χ3v) is 8.24. The second kappa shape index (κ2) is 6.48. The number of carbonyl (C=O) groups excluding carboxylic acids is 1. The van der Waals surface area contributed by atoms with Crippen LogP contribution in [0.25, 0.3) is 5.57 Å². The number of ether oxygens (including phenoxy) is 1. The van der Waals surface area contributed by atoms with E-state index in [-0.39, 0.29) is 11.0 Å². The molecule has 1 rings (SSSR count). The summed E-state index contributed by atoms with van der Waals surface area (Å²) in [7, 11) is -1.89. The van der Waals surface area contributed by atoms with Crippen LogP contribution in [0.2, 0.25) is 18.1 Å². The topological polar surface area (TPSA) is 35.5 Å². The normalized spacial score (nSPS) is 11.9. The lowest BCUT2D eigenvalue weighted by Crippen LogP contribution is -2.43. The van der Waals surface area contributed by atoms with Gasteiger partial charge < -0.3 is 9.16 Å². The molecule has 1 aromatic rings. The molecule has 21 heavy (non-hydrogen) atoms. The van der Waals surface area contributed by atoms with Crippen LogP contribution in [0.1, 0.15) is 33.3 Å². The monoisotopic (exact) mass is 306 g/mol. The van der Waals surface area contributed by atoms with Crippen molar-refractivity contribution in [3.63, 3.8) is 0 Å². The Morgan fingerprint density at radius 2 is 1.90 bits per heavy atom. The standard InChI is InChI=1S/C17H26O3Si/c1-8-19-16(18)13(2)14-10-9-11-15(12-14)20-21(6,7)17(3,4)5/h9-12H,2,8H2,1,3-7H3. The van der Waals surface area contributed by atoms with Crippen LogP contribution in [0.5, 0.6) is 5.75 Å². The summed E-state index contributed by atoms with van der Waals surface area (Å²) in [5.74, 6) is 0.395. The van der Waals surface area contributed by atoms with E-state index in [9.17, 15) is 4.79 Å². The van der Waals surface area contributed by atoms with E-state index in [1.807, 2.05) is 24.3 Å². The fourth-order valence-corrected chi connectivity index (χ4v) is 2.55. The molecule has 0 saturated heterocycles. The van der Waals surface area contributed by atoms with Gasteiger partial charge in [-0.2, -0.15) is 0 Å². The first kappa shape index (κ1) is 17.5. The fraction of sp³-hybridized carbons (Fsp3) is 0.471. The van der Waals surface area contributed by atoms with E-state index in [1.165, 1.54) is 0 Å². The van der Waals surface area contributed by atoms with Crippen LogP contribution in [0.3, 0.4) is 0 Å². The van der Waals surface area contributed by atoms with Gasteiger partial charge >= 0.3 is 5.97 Å². The molecule has 0 bridgehead atoms. The second-order valence-electron chi connectivity index (χ2n) is 6.59. The third kappa shape index (κ3) is 4.46. The van der Waals surface area contributed by atoms with E-state index in [4.69, 9.17) is 9.16 Å². The van der Waals surface area contributed by atoms with E-state index in [2.05, 4.69) is 40.4 Å². The Bertz CT molecular complexity index is 527. The molecule has 0 aliphatic heterocycles. The smallest absolute Gasteiger partial charge is 0.338 e. The molecule has 3 nitrogen and oxygen atoms in total. The lowest BCUT2D eigenvalue weighted by atomic mass is 10.1. The van der Waals surface area contributed by atoms with Gasteiger partial charge in [-0.25, -0.2) is 4.79 Å². The number of esters is 1. The molecular weight excluding hydrogens is 280 g/mol. The minimum absolute atomic E-state index is 0.126. The summed E-state index contributed by atoms with van der Waals surface area (Å²) >= 11 is 0. The second-order valence-corrected chi connectivity index (χ2v) is 11.3. The highest BCUT2D eigenvalue weighted by molar-refractivity contribution is 6.74. The van der Waals surface area contributed by atoms with Crippen LogP contribution in [0.4, 0.5) is 0 Å². The van der Waals surface area contributed by atoms with Gasteiger partial charge in [-0.05, 0) is 42.8 Å². The first-order valence-corrected chi connectivity index (χ1v) is 10.1. The molecule has 0 spiro atoms. The molecule has 4 heteroatoms. The van der Waals surface area contributed by atoms with E-state index in [0.29, 0.717) is 12.2 Å². The van der Waals surface area contributed by atoms with Crippen LogP contribution in [0, 0.1) is 0 Å². The van der Waals surface area contributed by atoms with Crippen LogP contribution in [0.15, 0.2) is 30.8 Å². The predicted molar refractivity (Wildman–Crippen MR) is 89.9 cm³/mol. The van der Waals surface area contributed by atoms with E-state index in [1.54, 1.807) is 6.92 Å². The number of hydrogen-bond donors (Lipinski definition) is 0. The van der Waals surface area contributed by atoms with Crippen molar-refractivity contribution >= 4 is 19.9 Å². The van der Waals surface area contributed by atoms with Gasteiger partial charge in [0.15, 0.2) is 0 Å². The highest BCUT2D eigenvalue weighted by Gasteiger charge is 2.39. The number of hydrogen-bond acceptors (Lipinski definition) is 3. The van der Waals surface area contributed by atoms with Crippen LogP contribution in [-0.4, -0.2) is 20.9 Å². The fourth-order valence-electron chi connectivity index (χ4n) is 1.53. The minimum Gasteiger partial charge on any atom is -0.543 e. The van der Waals surface area contributed by atoms with Gasteiger partial charge in [0.1, 0.15) is 5.75 Å². The molecule has 0 unspecified atom stereocenters. The Kier molecular flexibility index (Phi) is 5.40. The SMILES string of the molecule is C=C(C(=O)OCC)c1cccc(O[Si](C)(C)C(C)(C)C)c1. The molecule has 0 radical (unpaired) electrons. The van der Waals surface area contributed by atoms with Gasteiger partial charge in [-0.15, -0.1) is 0 Å². The molecule has 0 atom stereocenters. The molecule has 0 fully saturated rings. The van der Waals surface area contributed by atoms with Crippen molar-refractivity contribution in [3.8, 4) is 5.75 Å². The predicted octanol–water partition coefficient (Wildman–Crippen LogP) is 4.65. The van der Waals surface area contributed by atoms with Crippen LogP contribution in [-0.2, 0) is 9.53 Å². The maximum absolute atomic E-state index is 11.7.